The fourth-order valence-electron chi connectivity index (χ4n) is 2.18. The second-order valence-electron chi connectivity index (χ2n) is 5.18. The third-order valence-corrected chi connectivity index (χ3v) is 4.85. The molecule has 8 heteroatoms. The lowest BCUT2D eigenvalue weighted by Crippen LogP contribution is -2.27. The molecule has 1 aromatic heterocycles. The van der Waals surface area contributed by atoms with Gasteiger partial charge in [-0.3, -0.25) is 4.90 Å². The van der Waals surface area contributed by atoms with Crippen LogP contribution in [0.2, 0.25) is 0 Å². The lowest BCUT2D eigenvalue weighted by Gasteiger charge is -2.23. The van der Waals surface area contributed by atoms with Crippen molar-refractivity contribution in [3.8, 4) is 0 Å². The largest absolute Gasteiger partial charge is 0.468 e. The molecule has 126 valence electrons. The Morgan fingerprint density at radius 3 is 2.43 bits per heavy atom. The van der Waals surface area contributed by atoms with E-state index in [0.29, 0.717) is 12.3 Å². The second kappa shape index (κ2) is 7.10. The average molecular weight is 344 g/mol. The first-order chi connectivity index (χ1) is 10.8. The van der Waals surface area contributed by atoms with Crippen LogP contribution >= 0.6 is 0 Å². The fourth-order valence-corrected chi connectivity index (χ4v) is 3.09. The van der Waals surface area contributed by atoms with Crippen LogP contribution in [-0.2, 0) is 9.84 Å². The van der Waals surface area contributed by atoms with Crippen LogP contribution in [0.3, 0.4) is 0 Å². The van der Waals surface area contributed by atoms with Gasteiger partial charge in [-0.25, -0.2) is 8.42 Å². The Bertz CT molecular complexity index is 731. The molecule has 2 aromatic rings. The Morgan fingerprint density at radius 2 is 1.87 bits per heavy atom. The van der Waals surface area contributed by atoms with E-state index in [4.69, 9.17) is 4.42 Å². The van der Waals surface area contributed by atoms with Crippen LogP contribution in [0, 0.1) is 0 Å². The van der Waals surface area contributed by atoms with Gasteiger partial charge >= 0.3 is 5.76 Å². The number of benzene rings is 1. The average Bonchev–Trinajstić information content (AvgIpc) is 3.01. The molecule has 0 bridgehead atoms. The maximum Gasteiger partial charge on any atom is 0.341 e. The Kier molecular flexibility index (Phi) is 5.38. The van der Waals surface area contributed by atoms with Crippen molar-refractivity contribution >= 4 is 15.5 Å². The predicted octanol–water partition coefficient (Wildman–Crippen LogP) is 2.99. The Morgan fingerprint density at radius 1 is 1.17 bits per heavy atom. The first kappa shape index (κ1) is 17.4. The number of alkyl halides is 2. The SMILES string of the molecule is CN(C)[C@H](CNc1ccccc1S(=O)(=O)C(F)F)c1ccco1. The summed E-state index contributed by atoms with van der Waals surface area (Å²) in [5.41, 5.74) is 0.145. The molecule has 0 unspecified atom stereocenters. The fraction of sp³-hybridized carbons (Fsp3) is 0.333. The van der Waals surface area contributed by atoms with E-state index in [1.54, 1.807) is 24.5 Å². The van der Waals surface area contributed by atoms with Crippen molar-refractivity contribution in [3.63, 3.8) is 0 Å². The smallest absolute Gasteiger partial charge is 0.341 e. The highest BCUT2D eigenvalue weighted by Gasteiger charge is 2.29. The molecule has 5 nitrogen and oxygen atoms in total. The molecule has 0 aliphatic heterocycles. The summed E-state index contributed by atoms with van der Waals surface area (Å²) in [7, 11) is -0.975. The van der Waals surface area contributed by atoms with Gasteiger partial charge in [0.25, 0.3) is 0 Å². The number of halogens is 2. The summed E-state index contributed by atoms with van der Waals surface area (Å²) in [5, 5.41) is 2.93. The standard InChI is InChI=1S/C15H18F2N2O3S/c1-19(2)12(13-7-5-9-22-13)10-18-11-6-3-4-8-14(11)23(20,21)15(16)17/h3-9,12,15,18H,10H2,1-2H3/t12-/m1/s1. The minimum atomic E-state index is -4.66. The van der Waals surface area contributed by atoms with E-state index in [2.05, 4.69) is 5.32 Å². The molecule has 0 fully saturated rings. The number of para-hydroxylation sites is 1. The van der Waals surface area contributed by atoms with Crippen LogP contribution in [-0.4, -0.2) is 39.7 Å². The summed E-state index contributed by atoms with van der Waals surface area (Å²) in [6, 6.07) is 9.01. The van der Waals surface area contributed by atoms with E-state index >= 15 is 0 Å². The van der Waals surface area contributed by atoms with Crippen molar-refractivity contribution in [2.45, 2.75) is 16.7 Å². The van der Waals surface area contributed by atoms with Crippen molar-refractivity contribution in [2.75, 3.05) is 26.0 Å². The summed E-state index contributed by atoms with van der Waals surface area (Å²) in [6.07, 6.45) is 1.54. The molecule has 1 aromatic carbocycles. The van der Waals surface area contributed by atoms with Gasteiger partial charge in [0.05, 0.1) is 22.9 Å². The summed E-state index contributed by atoms with van der Waals surface area (Å²) < 4.78 is 54.4. The number of nitrogens with one attached hydrogen (secondary N) is 1. The first-order valence-corrected chi connectivity index (χ1v) is 8.43. The van der Waals surface area contributed by atoms with Gasteiger partial charge < -0.3 is 9.73 Å². The second-order valence-corrected chi connectivity index (χ2v) is 7.06. The Labute approximate surface area is 133 Å². The molecule has 0 amide bonds. The molecule has 0 radical (unpaired) electrons. The van der Waals surface area contributed by atoms with Crippen LogP contribution in [0.25, 0.3) is 0 Å². The molecule has 0 aliphatic rings. The number of sulfone groups is 1. The van der Waals surface area contributed by atoms with Crippen molar-refractivity contribution in [1.29, 1.82) is 0 Å². The highest BCUT2D eigenvalue weighted by molar-refractivity contribution is 7.91. The van der Waals surface area contributed by atoms with E-state index in [1.165, 1.54) is 18.2 Å². The van der Waals surface area contributed by atoms with Crippen molar-refractivity contribution in [3.05, 3.63) is 48.4 Å². The quantitative estimate of drug-likeness (QED) is 0.837. The molecule has 0 aliphatic carbocycles. The van der Waals surface area contributed by atoms with E-state index in [1.807, 2.05) is 19.0 Å². The van der Waals surface area contributed by atoms with Crippen molar-refractivity contribution < 1.29 is 21.6 Å². The summed E-state index contributed by atoms with van der Waals surface area (Å²) in [4.78, 5) is 1.47. The molecule has 1 N–H and O–H groups in total. The lowest BCUT2D eigenvalue weighted by atomic mass is 10.2. The van der Waals surface area contributed by atoms with Gasteiger partial charge in [-0.05, 0) is 38.4 Å². The molecule has 1 atom stereocenters. The van der Waals surface area contributed by atoms with Gasteiger partial charge in [-0.15, -0.1) is 0 Å². The van der Waals surface area contributed by atoms with Crippen LogP contribution in [0.4, 0.5) is 14.5 Å². The number of anilines is 1. The maximum atomic E-state index is 12.8. The summed E-state index contributed by atoms with van der Waals surface area (Å²) in [5.74, 6) is -2.77. The number of hydrogen-bond acceptors (Lipinski definition) is 5. The number of likely N-dealkylation sites (N-methyl/N-ethyl adjacent to an activating group) is 1. The zero-order chi connectivity index (χ0) is 17.0. The third kappa shape index (κ3) is 3.89. The van der Waals surface area contributed by atoms with Crippen LogP contribution in [0.1, 0.15) is 11.8 Å². The van der Waals surface area contributed by atoms with Gasteiger partial charge in [0.1, 0.15) is 5.76 Å². The minimum Gasteiger partial charge on any atom is -0.468 e. The molecule has 1 heterocycles. The number of hydrogen-bond donors (Lipinski definition) is 1. The first-order valence-electron chi connectivity index (χ1n) is 6.89. The van der Waals surface area contributed by atoms with Gasteiger partial charge in [0, 0.05) is 6.54 Å². The monoisotopic (exact) mass is 344 g/mol. The van der Waals surface area contributed by atoms with E-state index in [0.717, 1.165) is 0 Å². The molecular weight excluding hydrogens is 326 g/mol. The highest BCUT2D eigenvalue weighted by atomic mass is 32.2. The number of rotatable bonds is 7. The van der Waals surface area contributed by atoms with Gasteiger partial charge in [0.15, 0.2) is 0 Å². The van der Waals surface area contributed by atoms with Crippen molar-refractivity contribution in [1.82, 2.24) is 4.90 Å². The van der Waals surface area contributed by atoms with E-state index < -0.39 is 20.5 Å². The van der Waals surface area contributed by atoms with Crippen LogP contribution in [0.5, 0.6) is 0 Å². The normalized spacial score (nSPS) is 13.5. The molecule has 23 heavy (non-hydrogen) atoms. The van der Waals surface area contributed by atoms with Crippen molar-refractivity contribution in [2.24, 2.45) is 0 Å². The summed E-state index contributed by atoms with van der Waals surface area (Å²) >= 11 is 0. The number of furan rings is 1. The molecule has 0 saturated heterocycles. The third-order valence-electron chi connectivity index (χ3n) is 3.41. The van der Waals surface area contributed by atoms with E-state index in [9.17, 15) is 17.2 Å². The van der Waals surface area contributed by atoms with Gasteiger partial charge in [0.2, 0.25) is 9.84 Å². The van der Waals surface area contributed by atoms with Gasteiger partial charge in [-0.1, -0.05) is 12.1 Å². The minimum absolute atomic E-state index is 0.145. The summed E-state index contributed by atoms with van der Waals surface area (Å²) in [6.45, 7) is 0.302. The topological polar surface area (TPSA) is 62.6 Å². The maximum absolute atomic E-state index is 12.8. The molecule has 0 saturated carbocycles. The van der Waals surface area contributed by atoms with E-state index in [-0.39, 0.29) is 11.7 Å². The number of nitrogens with zero attached hydrogens (tertiary/aromatic N) is 1. The molecular formula is C15H18F2N2O3S. The Balaban J connectivity index is 2.24. The Hall–Kier alpha value is -1.93. The zero-order valence-corrected chi connectivity index (χ0v) is 13.6. The zero-order valence-electron chi connectivity index (χ0n) is 12.7. The van der Waals surface area contributed by atoms with Crippen LogP contribution in [0.15, 0.2) is 52.0 Å². The molecule has 0 spiro atoms. The molecule has 2 rings (SSSR count). The predicted molar refractivity (Wildman–Crippen MR) is 83.3 cm³/mol. The highest BCUT2D eigenvalue weighted by Crippen LogP contribution is 2.27. The van der Waals surface area contributed by atoms with Gasteiger partial charge in [-0.2, -0.15) is 8.78 Å². The lowest BCUT2D eigenvalue weighted by molar-refractivity contribution is 0.235. The van der Waals surface area contributed by atoms with Crippen LogP contribution < -0.4 is 5.32 Å².